The van der Waals surface area contributed by atoms with Gasteiger partial charge in [-0.2, -0.15) is 0 Å². The molecule has 0 fully saturated rings. The fourth-order valence-electron chi connectivity index (χ4n) is 9.35. The summed E-state index contributed by atoms with van der Waals surface area (Å²) in [5, 5.41) is 2.03. The van der Waals surface area contributed by atoms with E-state index in [1.807, 2.05) is 36.4 Å². The first kappa shape index (κ1) is 36.0. The average molecular weight is 825 g/mol. The maximum Gasteiger partial charge on any atom is 0.269 e. The fraction of sp³-hybridized carbons (Fsp3) is 0.0179. The zero-order chi connectivity index (χ0) is 42.3. The zero-order valence-corrected chi connectivity index (χ0v) is 34.6. The van der Waals surface area contributed by atoms with Crippen LogP contribution in [0.1, 0.15) is 5.56 Å². The maximum absolute atomic E-state index is 6.78. The number of aryl methyl sites for hydroxylation is 1. The van der Waals surface area contributed by atoms with Crippen LogP contribution in [0.25, 0.3) is 100 Å². The topological polar surface area (TPSA) is 66.3 Å². The largest absolute Gasteiger partial charge is 0.458 e. The van der Waals surface area contributed by atoms with Gasteiger partial charge in [0, 0.05) is 16.8 Å². The standard InChI is InChI=1S/C56H36N6O2/c1-36-15-12-27-49-54(36)58-56-61(49)48-30-29-41(32-50(48)62(56)53-33-45-44-22-8-11-28-51(44)64-52(45)34-57-53)63-40-21-13-20-39(31-40)59-35-60(47-26-10-9-25-46(47)59)55-42(37-16-4-2-5-17-37)23-14-24-43(55)38-18-6-3-7-19-38/h2-34H,1H3. The van der Waals surface area contributed by atoms with Crippen molar-refractivity contribution in [1.82, 2.24) is 23.5 Å². The van der Waals surface area contributed by atoms with Crippen molar-refractivity contribution in [2.75, 3.05) is 0 Å². The number of fused-ring (bicyclic) bond motifs is 9. The Hall–Kier alpha value is -8.75. The quantitative estimate of drug-likeness (QED) is 0.119. The molecule has 0 aliphatic carbocycles. The number of nitrogens with zero attached hydrogens (tertiary/aromatic N) is 6. The smallest absolute Gasteiger partial charge is 0.269 e. The van der Waals surface area contributed by atoms with Crippen LogP contribution >= 0.6 is 0 Å². The van der Waals surface area contributed by atoms with E-state index in [0.29, 0.717) is 11.5 Å². The van der Waals surface area contributed by atoms with E-state index in [4.69, 9.17) is 19.1 Å². The van der Waals surface area contributed by atoms with Crippen molar-refractivity contribution in [2.45, 2.75) is 6.92 Å². The number of rotatable bonds is 7. The van der Waals surface area contributed by atoms with Crippen LogP contribution in [0.2, 0.25) is 0 Å². The van der Waals surface area contributed by atoms with Gasteiger partial charge in [0.2, 0.25) is 5.78 Å². The number of pyridine rings is 1. The Bertz CT molecular complexity index is 3890. The van der Waals surface area contributed by atoms with Gasteiger partial charge >= 0.3 is 0 Å². The highest BCUT2D eigenvalue weighted by Gasteiger charge is 2.22. The number of ether oxygens (including phenoxy) is 1. The Morgan fingerprint density at radius 2 is 1.27 bits per heavy atom. The first-order valence-electron chi connectivity index (χ1n) is 21.3. The molecule has 0 atom stereocenters. The Morgan fingerprint density at radius 3 is 2.09 bits per heavy atom. The fourth-order valence-corrected chi connectivity index (χ4v) is 9.35. The monoisotopic (exact) mass is 824 g/mol. The first-order chi connectivity index (χ1) is 31.6. The molecule has 0 amide bonds. The molecule has 0 aliphatic rings. The average Bonchev–Trinajstić information content (AvgIpc) is 4.11. The maximum atomic E-state index is 6.78. The molecule has 5 heterocycles. The van der Waals surface area contributed by atoms with E-state index in [2.05, 4.69) is 189 Å². The van der Waals surface area contributed by atoms with E-state index in [0.717, 1.165) is 106 Å². The van der Waals surface area contributed by atoms with Gasteiger partial charge in [0.25, 0.3) is 6.33 Å². The summed E-state index contributed by atoms with van der Waals surface area (Å²) in [4.78, 5) is 10.2. The van der Waals surface area contributed by atoms with Gasteiger partial charge in [-0.3, -0.25) is 18.1 Å². The van der Waals surface area contributed by atoms with Gasteiger partial charge in [-0.05, 0) is 83.3 Å². The molecular weight excluding hydrogens is 789 g/mol. The predicted octanol–water partition coefficient (Wildman–Crippen LogP) is 13.2. The Labute approximate surface area is 366 Å². The van der Waals surface area contributed by atoms with E-state index in [-0.39, 0.29) is 0 Å². The molecule has 302 valence electrons. The lowest BCUT2D eigenvalue weighted by Crippen LogP contribution is -2.31. The lowest BCUT2D eigenvalue weighted by Gasteiger charge is -2.17. The van der Waals surface area contributed by atoms with Crippen LogP contribution in [0.5, 0.6) is 11.5 Å². The second-order valence-corrected chi connectivity index (χ2v) is 16.1. The van der Waals surface area contributed by atoms with Crippen molar-refractivity contribution in [3.8, 4) is 50.9 Å². The highest BCUT2D eigenvalue weighted by atomic mass is 16.5. The molecule has 0 spiro atoms. The highest BCUT2D eigenvalue weighted by Crippen LogP contribution is 2.37. The van der Waals surface area contributed by atoms with Crippen molar-refractivity contribution in [1.29, 1.82) is 0 Å². The summed E-state index contributed by atoms with van der Waals surface area (Å²) in [5.41, 5.74) is 15.1. The lowest BCUT2D eigenvalue weighted by atomic mass is 9.95. The van der Waals surface area contributed by atoms with E-state index in [9.17, 15) is 0 Å². The van der Waals surface area contributed by atoms with Gasteiger partial charge in [0.1, 0.15) is 22.9 Å². The van der Waals surface area contributed by atoms with Gasteiger partial charge in [-0.1, -0.05) is 140 Å². The summed E-state index contributed by atoms with van der Waals surface area (Å²) in [6, 6.07) is 67.0. The van der Waals surface area contributed by atoms with E-state index < -0.39 is 0 Å². The Morgan fingerprint density at radius 1 is 0.562 bits per heavy atom. The number of hydrogen-bond acceptors (Lipinski definition) is 4. The van der Waals surface area contributed by atoms with Crippen LogP contribution in [0, 0.1) is 13.3 Å². The molecule has 64 heavy (non-hydrogen) atoms. The SMILES string of the molecule is Cc1cccc2c1nc1n(-c3cc4c(cn3)oc3ccccc34)c3cc(Oc4cccc(-n5[c-][n+](-c6c(-c7ccccc7)cccc6-c6ccccc6)c6ccccc65)c4)ccc3n21. The molecule has 0 saturated heterocycles. The third-order valence-electron chi connectivity index (χ3n) is 12.3. The second-order valence-electron chi connectivity index (χ2n) is 16.1. The number of aromatic nitrogens is 6. The number of imidazole rings is 3. The molecule has 0 saturated carbocycles. The molecule has 13 rings (SSSR count). The van der Waals surface area contributed by atoms with Crippen LogP contribution in [-0.2, 0) is 0 Å². The molecule has 8 heteroatoms. The minimum Gasteiger partial charge on any atom is -0.458 e. The Balaban J connectivity index is 0.945. The minimum absolute atomic E-state index is 0.683. The van der Waals surface area contributed by atoms with Gasteiger partial charge in [-0.15, -0.1) is 0 Å². The molecular formula is C56H36N6O2. The molecule has 8 nitrogen and oxygen atoms in total. The second kappa shape index (κ2) is 14.2. The van der Waals surface area contributed by atoms with Gasteiger partial charge in [-0.25, -0.2) is 9.97 Å². The number of benzene rings is 8. The van der Waals surface area contributed by atoms with Gasteiger partial charge in [0.05, 0.1) is 50.7 Å². The van der Waals surface area contributed by atoms with Crippen molar-refractivity contribution in [2.24, 2.45) is 0 Å². The number of hydrogen-bond donors (Lipinski definition) is 0. The van der Waals surface area contributed by atoms with Gasteiger partial charge in [0.15, 0.2) is 5.58 Å². The van der Waals surface area contributed by atoms with E-state index in [1.165, 1.54) is 0 Å². The molecule has 0 N–H and O–H groups in total. The van der Waals surface area contributed by atoms with Crippen molar-refractivity contribution >= 4 is 60.8 Å². The number of furan rings is 1. The van der Waals surface area contributed by atoms with Crippen molar-refractivity contribution in [3.05, 3.63) is 212 Å². The van der Waals surface area contributed by atoms with Crippen LogP contribution in [0.3, 0.4) is 0 Å². The van der Waals surface area contributed by atoms with Crippen LogP contribution < -0.4 is 9.30 Å². The third-order valence-corrected chi connectivity index (χ3v) is 12.3. The van der Waals surface area contributed by atoms with Crippen LogP contribution in [0.4, 0.5) is 0 Å². The predicted molar refractivity (Wildman–Crippen MR) is 254 cm³/mol. The summed E-state index contributed by atoms with van der Waals surface area (Å²) in [7, 11) is 0. The van der Waals surface area contributed by atoms with Crippen molar-refractivity contribution < 1.29 is 13.7 Å². The molecule has 8 aromatic carbocycles. The summed E-state index contributed by atoms with van der Waals surface area (Å²) in [5.74, 6) is 2.88. The normalized spacial score (nSPS) is 11.8. The molecule has 0 bridgehead atoms. The third kappa shape index (κ3) is 5.59. The van der Waals surface area contributed by atoms with Crippen LogP contribution in [-0.4, -0.2) is 23.5 Å². The van der Waals surface area contributed by atoms with E-state index in [1.54, 1.807) is 6.20 Å². The summed E-state index contributed by atoms with van der Waals surface area (Å²) < 4.78 is 21.6. The molecule has 5 aromatic heterocycles. The molecule has 0 radical (unpaired) electrons. The van der Waals surface area contributed by atoms with Crippen molar-refractivity contribution in [3.63, 3.8) is 0 Å². The zero-order valence-electron chi connectivity index (χ0n) is 34.6. The number of para-hydroxylation sites is 5. The van der Waals surface area contributed by atoms with Gasteiger partial charge < -0.3 is 9.15 Å². The highest BCUT2D eigenvalue weighted by molar-refractivity contribution is 6.05. The molecule has 13 aromatic rings. The molecule has 0 aliphatic heterocycles. The summed E-state index contributed by atoms with van der Waals surface area (Å²) in [6.45, 7) is 2.10. The molecule has 0 unspecified atom stereocenters. The van der Waals surface area contributed by atoms with Crippen LogP contribution in [0.15, 0.2) is 205 Å². The summed E-state index contributed by atoms with van der Waals surface area (Å²) in [6.07, 6.45) is 5.59. The lowest BCUT2D eigenvalue weighted by molar-refractivity contribution is -0.571. The Kier molecular flexibility index (Phi) is 7.95. The minimum atomic E-state index is 0.683. The van der Waals surface area contributed by atoms with E-state index >= 15 is 0 Å². The first-order valence-corrected chi connectivity index (χ1v) is 21.3. The summed E-state index contributed by atoms with van der Waals surface area (Å²) >= 11 is 0.